The fourth-order valence-corrected chi connectivity index (χ4v) is 1.62. The number of carbonyl (C=O) groups excluding carboxylic acids is 1. The third-order valence-electron chi connectivity index (χ3n) is 1.86. The quantitative estimate of drug-likeness (QED) is 0.783. The number of benzene rings is 1. The van der Waals surface area contributed by atoms with Crippen molar-refractivity contribution in [1.82, 2.24) is 0 Å². The number of hydrogen-bond acceptors (Lipinski definition) is 3. The van der Waals surface area contributed by atoms with Crippen LogP contribution in [0.3, 0.4) is 0 Å². The van der Waals surface area contributed by atoms with Crippen LogP contribution >= 0.6 is 24.0 Å². The van der Waals surface area contributed by atoms with Gasteiger partial charge in [0.1, 0.15) is 5.82 Å². The summed E-state index contributed by atoms with van der Waals surface area (Å²) in [6.07, 6.45) is 0. The van der Waals surface area contributed by atoms with Crippen LogP contribution in [0.25, 0.3) is 0 Å². The normalized spacial score (nSPS) is 8.94. The molecule has 1 rings (SSSR count). The average molecular weight is 273 g/mol. The minimum atomic E-state index is -0.312. The minimum absolute atomic E-state index is 0.0623. The standard InChI is InChI=1S/C10H10FNOS2.C2H6/c1-12(10(13)6-15-7-14)9-4-2-8(11)3-5-9;1-2/h2-5,7H,6H2,1H3;1-2H3. The summed E-state index contributed by atoms with van der Waals surface area (Å²) in [6, 6.07) is 5.78. The van der Waals surface area contributed by atoms with Gasteiger partial charge in [-0.1, -0.05) is 26.1 Å². The van der Waals surface area contributed by atoms with E-state index in [0.717, 1.165) is 0 Å². The molecule has 2 nitrogen and oxygen atoms in total. The summed E-state index contributed by atoms with van der Waals surface area (Å²) in [5, 5.41) is 0. The highest BCUT2D eigenvalue weighted by Gasteiger charge is 2.09. The maximum Gasteiger partial charge on any atom is 0.237 e. The molecule has 0 aliphatic heterocycles. The second-order valence-electron chi connectivity index (χ2n) is 2.84. The van der Waals surface area contributed by atoms with Gasteiger partial charge >= 0.3 is 0 Å². The van der Waals surface area contributed by atoms with E-state index >= 15 is 0 Å². The van der Waals surface area contributed by atoms with Gasteiger partial charge in [-0.2, -0.15) is 0 Å². The number of hydrogen-bond donors (Lipinski definition) is 0. The molecular weight excluding hydrogens is 257 g/mol. The summed E-state index contributed by atoms with van der Waals surface area (Å²) in [5.74, 6) is -0.0715. The lowest BCUT2D eigenvalue weighted by atomic mass is 10.3. The van der Waals surface area contributed by atoms with E-state index < -0.39 is 0 Å². The molecule has 1 aromatic rings. The van der Waals surface area contributed by atoms with Crippen molar-refractivity contribution < 1.29 is 9.18 Å². The van der Waals surface area contributed by atoms with Crippen LogP contribution in [0, 0.1) is 5.82 Å². The van der Waals surface area contributed by atoms with Gasteiger partial charge in [-0.15, -0.1) is 11.8 Å². The fourth-order valence-electron chi connectivity index (χ4n) is 1.01. The first-order chi connectivity index (χ1) is 8.15. The predicted molar refractivity (Wildman–Crippen MR) is 77.3 cm³/mol. The van der Waals surface area contributed by atoms with Gasteiger partial charge in [0.25, 0.3) is 0 Å². The molecule has 0 aliphatic rings. The molecule has 0 aromatic heterocycles. The monoisotopic (exact) mass is 273 g/mol. The van der Waals surface area contributed by atoms with E-state index in [2.05, 4.69) is 12.2 Å². The van der Waals surface area contributed by atoms with Crippen molar-refractivity contribution in [3.8, 4) is 0 Å². The highest BCUT2D eigenvalue weighted by atomic mass is 32.2. The Kier molecular flexibility index (Phi) is 8.62. The van der Waals surface area contributed by atoms with E-state index in [1.54, 1.807) is 19.2 Å². The number of rotatable bonds is 4. The first-order valence-corrected chi connectivity index (χ1v) is 6.74. The lowest BCUT2D eigenvalue weighted by molar-refractivity contribution is -0.115. The molecule has 0 spiro atoms. The summed E-state index contributed by atoms with van der Waals surface area (Å²) in [5.41, 5.74) is 0.673. The van der Waals surface area contributed by atoms with Crippen LogP contribution in [-0.4, -0.2) is 23.4 Å². The van der Waals surface area contributed by atoms with E-state index in [4.69, 9.17) is 0 Å². The summed E-state index contributed by atoms with van der Waals surface area (Å²) in [7, 11) is 1.65. The number of carbonyl (C=O) groups is 1. The number of amides is 1. The van der Waals surface area contributed by atoms with Crippen molar-refractivity contribution >= 4 is 40.3 Å². The number of thioether (sulfide) groups is 1. The van der Waals surface area contributed by atoms with Gasteiger partial charge in [-0.05, 0) is 24.3 Å². The zero-order chi connectivity index (χ0) is 13.3. The third kappa shape index (κ3) is 5.79. The Labute approximate surface area is 111 Å². The Morgan fingerprint density at radius 3 is 2.41 bits per heavy atom. The van der Waals surface area contributed by atoms with E-state index in [0.29, 0.717) is 11.4 Å². The summed E-state index contributed by atoms with van der Waals surface area (Å²) < 4.78 is 14.1. The lowest BCUT2D eigenvalue weighted by Gasteiger charge is -2.16. The molecule has 0 saturated carbocycles. The Balaban J connectivity index is 0.00000121. The molecule has 0 bridgehead atoms. The molecule has 94 valence electrons. The van der Waals surface area contributed by atoms with Crippen LogP contribution in [-0.2, 0) is 4.79 Å². The van der Waals surface area contributed by atoms with Crippen LogP contribution in [0.1, 0.15) is 13.8 Å². The molecule has 0 fully saturated rings. The van der Waals surface area contributed by atoms with Crippen molar-refractivity contribution in [3.63, 3.8) is 0 Å². The maximum atomic E-state index is 12.6. The maximum absolute atomic E-state index is 12.6. The molecule has 0 saturated heterocycles. The molecule has 1 amide bonds. The molecule has 0 heterocycles. The first-order valence-electron chi connectivity index (χ1n) is 5.22. The number of anilines is 1. The molecule has 1 aromatic carbocycles. The van der Waals surface area contributed by atoms with Crippen LogP contribution in [0.5, 0.6) is 0 Å². The number of nitrogens with zero attached hydrogens (tertiary/aromatic N) is 1. The van der Waals surface area contributed by atoms with E-state index in [1.807, 2.05) is 13.8 Å². The molecule has 0 aliphatic carbocycles. The van der Waals surface area contributed by atoms with Crippen molar-refractivity contribution in [2.24, 2.45) is 0 Å². The molecule has 0 radical (unpaired) electrons. The Morgan fingerprint density at radius 1 is 1.41 bits per heavy atom. The van der Waals surface area contributed by atoms with Crippen LogP contribution < -0.4 is 4.90 Å². The number of thiocarbonyl (C=S) groups is 1. The predicted octanol–water partition coefficient (Wildman–Crippen LogP) is 3.51. The van der Waals surface area contributed by atoms with Gasteiger partial charge in [-0.25, -0.2) is 4.39 Å². The molecule has 0 N–H and O–H groups in total. The molecular formula is C12H16FNOS2. The SMILES string of the molecule is CC.CN(C(=O)CSC=S)c1ccc(F)cc1. The Hall–Kier alpha value is -0.940. The zero-order valence-electron chi connectivity index (χ0n) is 10.1. The van der Waals surface area contributed by atoms with Gasteiger partial charge in [-0.3, -0.25) is 4.79 Å². The molecule has 17 heavy (non-hydrogen) atoms. The molecule has 0 unspecified atom stereocenters. The highest BCUT2D eigenvalue weighted by molar-refractivity contribution is 8.21. The van der Waals surface area contributed by atoms with Crippen molar-refractivity contribution in [2.75, 3.05) is 17.7 Å². The molecule has 5 heteroatoms. The molecule has 0 atom stereocenters. The van der Waals surface area contributed by atoms with E-state index in [9.17, 15) is 9.18 Å². The van der Waals surface area contributed by atoms with E-state index in [-0.39, 0.29) is 11.7 Å². The topological polar surface area (TPSA) is 20.3 Å². The van der Waals surface area contributed by atoms with Gasteiger partial charge in [0.05, 0.1) is 5.75 Å². The third-order valence-corrected chi connectivity index (χ3v) is 2.82. The van der Waals surface area contributed by atoms with Crippen LogP contribution in [0.2, 0.25) is 0 Å². The van der Waals surface area contributed by atoms with Crippen molar-refractivity contribution in [1.29, 1.82) is 0 Å². The second-order valence-corrected chi connectivity index (χ2v) is 4.23. The van der Waals surface area contributed by atoms with Gasteiger partial charge in [0, 0.05) is 17.4 Å². The van der Waals surface area contributed by atoms with Crippen LogP contribution in [0.15, 0.2) is 24.3 Å². The van der Waals surface area contributed by atoms with Gasteiger partial charge < -0.3 is 4.90 Å². The highest BCUT2D eigenvalue weighted by Crippen LogP contribution is 2.14. The Morgan fingerprint density at radius 2 is 1.94 bits per heavy atom. The van der Waals surface area contributed by atoms with Gasteiger partial charge in [0.2, 0.25) is 5.91 Å². The van der Waals surface area contributed by atoms with E-state index in [1.165, 1.54) is 33.5 Å². The second kappa shape index (κ2) is 9.13. The average Bonchev–Trinajstić information content (AvgIpc) is 2.38. The first kappa shape index (κ1) is 16.1. The van der Waals surface area contributed by atoms with Crippen molar-refractivity contribution in [3.05, 3.63) is 30.1 Å². The minimum Gasteiger partial charge on any atom is -0.315 e. The van der Waals surface area contributed by atoms with Crippen LogP contribution in [0.4, 0.5) is 10.1 Å². The fraction of sp³-hybridized carbons (Fsp3) is 0.333. The summed E-state index contributed by atoms with van der Waals surface area (Å²) in [4.78, 5) is 13.0. The zero-order valence-corrected chi connectivity index (χ0v) is 11.8. The largest absolute Gasteiger partial charge is 0.315 e. The Bertz CT molecular complexity index is 354. The van der Waals surface area contributed by atoms with Crippen molar-refractivity contribution in [2.45, 2.75) is 13.8 Å². The summed E-state index contributed by atoms with van der Waals surface area (Å²) in [6.45, 7) is 4.00. The number of halogens is 1. The van der Waals surface area contributed by atoms with Gasteiger partial charge in [0.15, 0.2) is 0 Å². The summed E-state index contributed by atoms with van der Waals surface area (Å²) >= 11 is 5.88. The smallest absolute Gasteiger partial charge is 0.237 e. The lowest BCUT2D eigenvalue weighted by Crippen LogP contribution is -2.27.